The molecule has 1 aliphatic heterocycles. The highest BCUT2D eigenvalue weighted by atomic mass is 32.1. The van der Waals surface area contributed by atoms with E-state index in [4.69, 9.17) is 4.74 Å². The van der Waals surface area contributed by atoms with Crippen LogP contribution >= 0.6 is 11.3 Å². The number of anilines is 1. The zero-order chi connectivity index (χ0) is 19.0. The Hall–Kier alpha value is -2.24. The lowest BCUT2D eigenvalue weighted by atomic mass is 10.1. The van der Waals surface area contributed by atoms with E-state index in [0.29, 0.717) is 36.5 Å². The Morgan fingerprint density at radius 1 is 1.30 bits per heavy atom. The number of halogens is 3. The molecule has 2 unspecified atom stereocenters. The average molecular weight is 399 g/mol. The molecule has 1 saturated heterocycles. The maximum atomic E-state index is 13.1. The van der Waals surface area contributed by atoms with Gasteiger partial charge in [0.25, 0.3) is 5.82 Å². The number of hydrogen-bond acceptors (Lipinski definition) is 7. The van der Waals surface area contributed by atoms with E-state index in [1.54, 1.807) is 6.07 Å². The number of rotatable bonds is 4. The Bertz CT molecular complexity index is 915. The number of aromatic nitrogens is 4. The summed E-state index contributed by atoms with van der Waals surface area (Å²) < 4.78 is 45.5. The Morgan fingerprint density at radius 3 is 2.89 bits per heavy atom. The minimum absolute atomic E-state index is 0.0227. The Morgan fingerprint density at radius 2 is 2.15 bits per heavy atom. The molecule has 144 valence electrons. The normalized spacial score (nSPS) is 19.6. The van der Waals surface area contributed by atoms with Gasteiger partial charge in [-0.15, -0.1) is 26.6 Å². The molecule has 0 saturated carbocycles. The number of fused-ring (bicyclic) bond motifs is 1. The second-order valence-corrected chi connectivity index (χ2v) is 7.15. The Labute approximate surface area is 156 Å². The first-order chi connectivity index (χ1) is 12.9. The van der Waals surface area contributed by atoms with Crippen molar-refractivity contribution in [2.24, 2.45) is 0 Å². The second-order valence-electron chi connectivity index (χ2n) is 6.17. The zero-order valence-corrected chi connectivity index (χ0v) is 14.8. The summed E-state index contributed by atoms with van der Waals surface area (Å²) in [6.07, 6.45) is -4.94. The lowest BCUT2D eigenvalue weighted by Crippen LogP contribution is -2.46. The Kier molecular flexibility index (Phi) is 4.74. The number of aliphatic hydroxyl groups excluding tert-OH is 1. The summed E-state index contributed by atoms with van der Waals surface area (Å²) in [5.74, 6) is -0.803. The van der Waals surface area contributed by atoms with E-state index in [9.17, 15) is 18.3 Å². The maximum absolute atomic E-state index is 13.1. The molecular weight excluding hydrogens is 383 g/mol. The summed E-state index contributed by atoms with van der Waals surface area (Å²) >= 11 is 1.45. The van der Waals surface area contributed by atoms with Gasteiger partial charge < -0.3 is 14.7 Å². The molecule has 0 radical (unpaired) electrons. The van der Waals surface area contributed by atoms with E-state index >= 15 is 0 Å². The molecule has 0 aliphatic carbocycles. The van der Waals surface area contributed by atoms with Crippen molar-refractivity contribution < 1.29 is 23.0 Å². The van der Waals surface area contributed by atoms with Gasteiger partial charge in [-0.3, -0.25) is 0 Å². The zero-order valence-electron chi connectivity index (χ0n) is 14.0. The van der Waals surface area contributed by atoms with E-state index < -0.39 is 18.1 Å². The summed E-state index contributed by atoms with van der Waals surface area (Å²) in [6, 6.07) is 6.55. The molecule has 4 rings (SSSR count). The number of alkyl halides is 3. The molecule has 4 heterocycles. The minimum atomic E-state index is -4.65. The van der Waals surface area contributed by atoms with Gasteiger partial charge in [-0.25, -0.2) is 0 Å². The fraction of sp³-hybridized carbons (Fsp3) is 0.438. The van der Waals surface area contributed by atoms with Crippen molar-refractivity contribution in [1.82, 2.24) is 19.8 Å². The molecule has 0 amide bonds. The Balaban J connectivity index is 1.63. The lowest BCUT2D eigenvalue weighted by Gasteiger charge is -2.37. The smallest absolute Gasteiger partial charge is 0.387 e. The van der Waals surface area contributed by atoms with Crippen LogP contribution in [0.3, 0.4) is 0 Å². The predicted molar refractivity (Wildman–Crippen MR) is 91.6 cm³/mol. The number of ether oxygens (including phenoxy) is 1. The third kappa shape index (κ3) is 3.62. The average Bonchev–Trinajstić information content (AvgIpc) is 3.31. The van der Waals surface area contributed by atoms with Gasteiger partial charge in [0.05, 0.1) is 25.4 Å². The molecule has 1 aliphatic rings. The first kappa shape index (κ1) is 18.1. The van der Waals surface area contributed by atoms with Crippen LogP contribution in [0, 0.1) is 0 Å². The number of aliphatic hydroxyl groups is 1. The monoisotopic (exact) mass is 399 g/mol. The van der Waals surface area contributed by atoms with E-state index in [1.165, 1.54) is 17.4 Å². The summed E-state index contributed by atoms with van der Waals surface area (Å²) in [5.41, 5.74) is 0.0227. The number of morpholine rings is 1. The standard InChI is InChI=1S/C16H16F3N5O2S/c17-16(18,19)15-21-20-13-3-4-14(22-24(13)15)23-5-6-26-9-10(23)8-11(25)12-2-1-7-27-12/h1-4,7,10-11,25H,5-6,8-9H2. The molecule has 0 aromatic carbocycles. The van der Waals surface area contributed by atoms with Crippen molar-refractivity contribution in [2.75, 3.05) is 24.7 Å². The van der Waals surface area contributed by atoms with Gasteiger partial charge in [-0.1, -0.05) is 6.07 Å². The highest BCUT2D eigenvalue weighted by molar-refractivity contribution is 7.10. The van der Waals surface area contributed by atoms with Gasteiger partial charge in [0.15, 0.2) is 5.65 Å². The summed E-state index contributed by atoms with van der Waals surface area (Å²) in [5, 5.41) is 23.2. The lowest BCUT2D eigenvalue weighted by molar-refractivity contribution is -0.146. The van der Waals surface area contributed by atoms with Crippen molar-refractivity contribution >= 4 is 22.8 Å². The molecular formula is C16H16F3N5O2S. The van der Waals surface area contributed by atoms with Crippen LogP contribution in [-0.4, -0.2) is 50.7 Å². The van der Waals surface area contributed by atoms with Gasteiger partial charge in [0.2, 0.25) is 0 Å². The van der Waals surface area contributed by atoms with Crippen LogP contribution in [0.1, 0.15) is 23.2 Å². The molecule has 0 bridgehead atoms. The fourth-order valence-corrected chi connectivity index (χ4v) is 3.84. The topological polar surface area (TPSA) is 75.8 Å². The maximum Gasteiger partial charge on any atom is 0.453 e. The van der Waals surface area contributed by atoms with Crippen molar-refractivity contribution in [3.8, 4) is 0 Å². The van der Waals surface area contributed by atoms with Crippen molar-refractivity contribution in [3.63, 3.8) is 0 Å². The van der Waals surface area contributed by atoms with E-state index in [-0.39, 0.29) is 11.7 Å². The van der Waals surface area contributed by atoms with E-state index in [1.807, 2.05) is 22.4 Å². The molecule has 1 N–H and O–H groups in total. The third-order valence-electron chi connectivity index (χ3n) is 4.39. The molecule has 11 heteroatoms. The van der Waals surface area contributed by atoms with Gasteiger partial charge in [-0.2, -0.15) is 17.7 Å². The van der Waals surface area contributed by atoms with E-state index in [2.05, 4.69) is 15.3 Å². The summed E-state index contributed by atoms with van der Waals surface area (Å²) in [4.78, 5) is 2.70. The molecule has 3 aromatic heterocycles. The van der Waals surface area contributed by atoms with Gasteiger partial charge in [0, 0.05) is 17.8 Å². The molecule has 0 spiro atoms. The largest absolute Gasteiger partial charge is 0.453 e. The highest BCUT2D eigenvalue weighted by Crippen LogP contribution is 2.30. The predicted octanol–water partition coefficient (Wildman–Crippen LogP) is 2.53. The van der Waals surface area contributed by atoms with E-state index in [0.717, 1.165) is 4.88 Å². The van der Waals surface area contributed by atoms with Crippen LogP contribution in [-0.2, 0) is 10.9 Å². The third-order valence-corrected chi connectivity index (χ3v) is 5.36. The van der Waals surface area contributed by atoms with Crippen LogP contribution in [0.15, 0.2) is 29.6 Å². The fourth-order valence-electron chi connectivity index (χ4n) is 3.12. The summed E-state index contributed by atoms with van der Waals surface area (Å²) in [7, 11) is 0. The van der Waals surface area contributed by atoms with Crippen LogP contribution in [0.25, 0.3) is 5.65 Å². The van der Waals surface area contributed by atoms with Crippen LogP contribution in [0.5, 0.6) is 0 Å². The molecule has 2 atom stereocenters. The van der Waals surface area contributed by atoms with Crippen molar-refractivity contribution in [1.29, 1.82) is 0 Å². The minimum Gasteiger partial charge on any atom is -0.387 e. The van der Waals surface area contributed by atoms with Crippen molar-refractivity contribution in [2.45, 2.75) is 24.7 Å². The van der Waals surface area contributed by atoms with Gasteiger partial charge >= 0.3 is 6.18 Å². The number of thiophene rings is 1. The molecule has 7 nitrogen and oxygen atoms in total. The SMILES string of the molecule is OC(CC1COCCN1c1ccc2nnc(C(F)(F)F)n2n1)c1cccs1. The van der Waals surface area contributed by atoms with Gasteiger partial charge in [-0.05, 0) is 23.6 Å². The number of hydrogen-bond donors (Lipinski definition) is 1. The molecule has 3 aromatic rings. The first-order valence-corrected chi connectivity index (χ1v) is 9.17. The first-order valence-electron chi connectivity index (χ1n) is 8.29. The summed E-state index contributed by atoms with van der Waals surface area (Å²) in [6.45, 7) is 1.25. The molecule has 27 heavy (non-hydrogen) atoms. The second kappa shape index (κ2) is 7.06. The van der Waals surface area contributed by atoms with Crippen LogP contribution in [0.2, 0.25) is 0 Å². The van der Waals surface area contributed by atoms with Crippen LogP contribution < -0.4 is 4.90 Å². The number of nitrogens with zero attached hydrogens (tertiary/aromatic N) is 5. The van der Waals surface area contributed by atoms with Crippen molar-refractivity contribution in [3.05, 3.63) is 40.3 Å². The quantitative estimate of drug-likeness (QED) is 0.727. The van der Waals surface area contributed by atoms with Crippen LogP contribution in [0.4, 0.5) is 19.0 Å². The van der Waals surface area contributed by atoms with Gasteiger partial charge in [0.1, 0.15) is 5.82 Å². The highest BCUT2D eigenvalue weighted by Gasteiger charge is 2.38. The molecule has 1 fully saturated rings.